The Bertz CT molecular complexity index is 1140. The van der Waals surface area contributed by atoms with Gasteiger partial charge in [0.1, 0.15) is 5.78 Å². The van der Waals surface area contributed by atoms with Gasteiger partial charge in [-0.25, -0.2) is 0 Å². The maximum Gasteiger partial charge on any atom is 0.224 e. The Kier molecular flexibility index (Phi) is 5.89. The third-order valence-corrected chi connectivity index (χ3v) is 7.06. The molecule has 2 unspecified atom stereocenters. The number of carbonyl (C=O) groups is 2. The van der Waals surface area contributed by atoms with Crippen LogP contribution >= 0.6 is 46.4 Å². The molecule has 1 saturated carbocycles. The lowest BCUT2D eigenvalue weighted by atomic mass is 9.68. The first-order chi connectivity index (χ1) is 14.5. The van der Waals surface area contributed by atoms with Gasteiger partial charge in [-0.2, -0.15) is 0 Å². The summed E-state index contributed by atoms with van der Waals surface area (Å²) in [6, 6.07) is 7.66. The average molecular weight is 498 g/mol. The molecule has 4 nitrogen and oxygen atoms in total. The Morgan fingerprint density at radius 2 is 1.71 bits per heavy atom. The van der Waals surface area contributed by atoms with E-state index in [1.54, 1.807) is 35.2 Å². The summed E-state index contributed by atoms with van der Waals surface area (Å²) in [6.07, 6.45) is 0.985. The van der Waals surface area contributed by atoms with Crippen LogP contribution in [0, 0.1) is 11.3 Å². The topological polar surface area (TPSA) is 49.7 Å². The summed E-state index contributed by atoms with van der Waals surface area (Å²) in [5.74, 6) is -0.882. The minimum Gasteiger partial charge on any atom is -0.302 e. The lowest BCUT2D eigenvalue weighted by Crippen LogP contribution is -2.47. The van der Waals surface area contributed by atoms with Crippen LogP contribution < -0.4 is 4.90 Å². The van der Waals surface area contributed by atoms with Gasteiger partial charge < -0.3 is 4.90 Å². The van der Waals surface area contributed by atoms with Crippen LogP contribution in [-0.4, -0.2) is 17.4 Å². The van der Waals surface area contributed by atoms with Crippen molar-refractivity contribution in [3.05, 3.63) is 56.0 Å². The summed E-state index contributed by atoms with van der Waals surface area (Å²) in [4.78, 5) is 32.9. The summed E-state index contributed by atoms with van der Waals surface area (Å²) >= 11 is 25.3. The molecule has 4 rings (SSSR count). The van der Waals surface area contributed by atoms with Crippen molar-refractivity contribution in [1.29, 1.82) is 0 Å². The van der Waals surface area contributed by atoms with Crippen LogP contribution in [0.1, 0.15) is 45.2 Å². The zero-order valence-corrected chi connectivity index (χ0v) is 20.2. The van der Waals surface area contributed by atoms with E-state index < -0.39 is 12.0 Å². The smallest absolute Gasteiger partial charge is 0.224 e. The number of hydrogen-bond acceptors (Lipinski definition) is 3. The molecule has 0 N–H and O–H groups in total. The molecule has 2 aliphatic rings. The SMILES string of the molecule is CC(=O)N1c2cc(Cl)c(Cl)cc2N=C2CC(C)(C)CC(=O)C2C1c1ccc(Cl)cc1Cl. The highest BCUT2D eigenvalue weighted by molar-refractivity contribution is 6.42. The first-order valence-electron chi connectivity index (χ1n) is 9.82. The van der Waals surface area contributed by atoms with Gasteiger partial charge in [0.15, 0.2) is 0 Å². The normalized spacial score (nSPS) is 22.4. The summed E-state index contributed by atoms with van der Waals surface area (Å²) in [6.45, 7) is 5.53. The Morgan fingerprint density at radius 1 is 1.03 bits per heavy atom. The predicted molar refractivity (Wildman–Crippen MR) is 127 cm³/mol. The number of halogens is 4. The summed E-state index contributed by atoms with van der Waals surface area (Å²) in [5.41, 5.74) is 2.09. The highest BCUT2D eigenvalue weighted by Crippen LogP contribution is 2.50. The zero-order valence-electron chi connectivity index (χ0n) is 17.2. The molecule has 0 spiro atoms. The molecular formula is C23H20Cl4N2O2. The molecule has 1 aliphatic carbocycles. The van der Waals surface area contributed by atoms with Gasteiger partial charge in [-0.05, 0) is 41.7 Å². The number of anilines is 1. The Morgan fingerprint density at radius 3 is 2.35 bits per heavy atom. The molecule has 2 atom stereocenters. The van der Waals surface area contributed by atoms with E-state index in [-0.39, 0.29) is 17.1 Å². The van der Waals surface area contributed by atoms with Gasteiger partial charge in [0.2, 0.25) is 5.91 Å². The molecular weight excluding hydrogens is 478 g/mol. The summed E-state index contributed by atoms with van der Waals surface area (Å²) < 4.78 is 0. The number of benzene rings is 2. The van der Waals surface area contributed by atoms with Crippen molar-refractivity contribution in [3.8, 4) is 0 Å². The number of fused-ring (bicyclic) bond motifs is 2. The first kappa shape index (κ1) is 22.6. The first-order valence-corrected chi connectivity index (χ1v) is 11.3. The van der Waals surface area contributed by atoms with Gasteiger partial charge in [-0.3, -0.25) is 14.6 Å². The highest BCUT2D eigenvalue weighted by atomic mass is 35.5. The third kappa shape index (κ3) is 4.11. The van der Waals surface area contributed by atoms with Crippen LogP contribution in [-0.2, 0) is 9.59 Å². The van der Waals surface area contributed by atoms with Gasteiger partial charge in [0, 0.05) is 29.1 Å². The van der Waals surface area contributed by atoms with Crippen molar-refractivity contribution in [2.45, 2.75) is 39.7 Å². The van der Waals surface area contributed by atoms with Crippen molar-refractivity contribution in [3.63, 3.8) is 0 Å². The van der Waals surface area contributed by atoms with Crippen LogP contribution in [0.3, 0.4) is 0 Å². The molecule has 0 radical (unpaired) electrons. The second-order valence-electron chi connectivity index (χ2n) is 8.82. The molecule has 2 aromatic rings. The molecule has 0 aromatic heterocycles. The Hall–Kier alpha value is -1.59. The number of rotatable bonds is 1. The van der Waals surface area contributed by atoms with E-state index in [4.69, 9.17) is 51.4 Å². The molecule has 162 valence electrons. The van der Waals surface area contributed by atoms with Gasteiger partial charge in [-0.15, -0.1) is 0 Å². The third-order valence-electron chi connectivity index (χ3n) is 5.77. The fraction of sp³-hybridized carbons (Fsp3) is 0.348. The fourth-order valence-electron chi connectivity index (χ4n) is 4.59. The van der Waals surface area contributed by atoms with Gasteiger partial charge in [0.25, 0.3) is 0 Å². The minimum absolute atomic E-state index is 0.0160. The minimum atomic E-state index is -0.678. The van der Waals surface area contributed by atoms with Crippen molar-refractivity contribution in [2.24, 2.45) is 16.3 Å². The number of Topliss-reactive ketones (excluding diaryl/α,β-unsaturated/α-hetero) is 1. The zero-order chi connectivity index (χ0) is 22.7. The molecule has 1 fully saturated rings. The van der Waals surface area contributed by atoms with Crippen molar-refractivity contribution in [1.82, 2.24) is 0 Å². The maximum atomic E-state index is 13.5. The van der Waals surface area contributed by atoms with E-state index in [9.17, 15) is 9.59 Å². The molecule has 8 heteroatoms. The Labute approximate surface area is 201 Å². The summed E-state index contributed by atoms with van der Waals surface area (Å²) in [5, 5.41) is 1.47. The van der Waals surface area contributed by atoms with E-state index in [1.807, 2.05) is 13.8 Å². The number of carbonyl (C=O) groups excluding carboxylic acids is 2. The molecule has 1 heterocycles. The van der Waals surface area contributed by atoms with Crippen LogP contribution in [0.2, 0.25) is 20.1 Å². The summed E-state index contributed by atoms with van der Waals surface area (Å²) in [7, 11) is 0. The number of nitrogens with zero attached hydrogens (tertiary/aromatic N) is 2. The lowest BCUT2D eigenvalue weighted by Gasteiger charge is -2.41. The number of ketones is 1. The molecule has 0 bridgehead atoms. The van der Waals surface area contributed by atoms with Crippen molar-refractivity contribution in [2.75, 3.05) is 4.90 Å². The van der Waals surface area contributed by atoms with Gasteiger partial charge in [-0.1, -0.05) is 66.3 Å². The van der Waals surface area contributed by atoms with E-state index in [1.165, 1.54) is 6.92 Å². The molecule has 1 aliphatic heterocycles. The van der Waals surface area contributed by atoms with Crippen molar-refractivity contribution >= 4 is 75.2 Å². The van der Waals surface area contributed by atoms with Gasteiger partial charge >= 0.3 is 0 Å². The number of hydrogen-bond donors (Lipinski definition) is 0. The molecule has 1 amide bonds. The van der Waals surface area contributed by atoms with E-state index in [2.05, 4.69) is 0 Å². The van der Waals surface area contributed by atoms with Crippen LogP contribution in [0.4, 0.5) is 11.4 Å². The maximum absolute atomic E-state index is 13.5. The van der Waals surface area contributed by atoms with Crippen molar-refractivity contribution < 1.29 is 9.59 Å². The van der Waals surface area contributed by atoms with Crippen LogP contribution in [0.5, 0.6) is 0 Å². The number of amides is 1. The van der Waals surface area contributed by atoms with E-state index in [0.29, 0.717) is 55.6 Å². The monoisotopic (exact) mass is 496 g/mol. The van der Waals surface area contributed by atoms with Crippen LogP contribution in [0.15, 0.2) is 35.3 Å². The van der Waals surface area contributed by atoms with E-state index >= 15 is 0 Å². The highest BCUT2D eigenvalue weighted by Gasteiger charge is 2.48. The Balaban J connectivity index is 2.05. The second kappa shape index (κ2) is 8.08. The van der Waals surface area contributed by atoms with Gasteiger partial charge in [0.05, 0.1) is 33.4 Å². The average Bonchev–Trinajstić information content (AvgIpc) is 2.75. The predicted octanol–water partition coefficient (Wildman–Crippen LogP) is 7.49. The number of aliphatic imine (C=N–C) groups is 1. The fourth-order valence-corrected chi connectivity index (χ4v) is 5.42. The second-order valence-corrected chi connectivity index (χ2v) is 10.5. The van der Waals surface area contributed by atoms with E-state index in [0.717, 1.165) is 0 Å². The quantitative estimate of drug-likeness (QED) is 0.409. The van der Waals surface area contributed by atoms with Crippen LogP contribution in [0.25, 0.3) is 0 Å². The largest absolute Gasteiger partial charge is 0.302 e. The molecule has 31 heavy (non-hydrogen) atoms. The molecule has 0 saturated heterocycles. The lowest BCUT2D eigenvalue weighted by molar-refractivity contribution is -0.124. The standard InChI is InChI=1S/C23H20Cl4N2O2/c1-11(30)29-19-8-16(27)15(26)7-17(19)28-18-9-23(2,3)10-20(31)21(18)22(29)13-5-4-12(24)6-14(13)25/h4-8,21-22H,9-10H2,1-3H3. The molecule has 2 aromatic carbocycles.